The Hall–Kier alpha value is -1.91. The molecule has 0 spiro atoms. The third kappa shape index (κ3) is 1.35. The fraction of sp³-hybridized carbons (Fsp3) is 0.125. The Labute approximate surface area is 74.9 Å². The minimum absolute atomic E-state index is 0.736. The van der Waals surface area contributed by atoms with Crippen LogP contribution in [0.4, 0.5) is 0 Å². The van der Waals surface area contributed by atoms with E-state index in [2.05, 4.69) is 10.1 Å². The molecule has 0 amide bonds. The summed E-state index contributed by atoms with van der Waals surface area (Å²) in [6.45, 7) is 0. The van der Waals surface area contributed by atoms with Gasteiger partial charge in [0.25, 0.3) is 0 Å². The maximum Gasteiger partial charge on any atom is 0.181 e. The molecular weight excluding hydrogens is 168 g/mol. The molecule has 0 radical (unpaired) electrons. The third-order valence-electron chi connectivity index (χ3n) is 1.77. The van der Waals surface area contributed by atoms with Gasteiger partial charge in [-0.1, -0.05) is 0 Å². The molecule has 0 unspecified atom stereocenters. The molecule has 2 heterocycles. The lowest BCUT2D eigenvalue weighted by atomic mass is 10.2. The van der Waals surface area contributed by atoms with Gasteiger partial charge in [-0.15, -0.1) is 0 Å². The van der Waals surface area contributed by atoms with Crippen molar-refractivity contribution < 1.29 is 4.73 Å². The standard InChI is InChI=1S/C8H8N4O/c1-11-8(9-6-10-11)7-2-4-12(13)5-3-7/h2-6H,1H3. The lowest BCUT2D eigenvalue weighted by Crippen LogP contribution is -2.23. The number of hydrogen-bond donors (Lipinski definition) is 0. The van der Waals surface area contributed by atoms with Gasteiger partial charge in [-0.05, 0) is 0 Å². The molecule has 5 heteroatoms. The van der Waals surface area contributed by atoms with E-state index < -0.39 is 0 Å². The largest absolute Gasteiger partial charge is 0.619 e. The fourth-order valence-electron chi connectivity index (χ4n) is 1.12. The van der Waals surface area contributed by atoms with Gasteiger partial charge in [0.1, 0.15) is 6.33 Å². The molecule has 2 aromatic heterocycles. The van der Waals surface area contributed by atoms with Crippen LogP contribution in [0.25, 0.3) is 11.4 Å². The monoisotopic (exact) mass is 176 g/mol. The molecule has 2 aromatic rings. The fourth-order valence-corrected chi connectivity index (χ4v) is 1.12. The molecule has 0 bridgehead atoms. The Bertz CT molecular complexity index is 406. The molecule has 66 valence electrons. The van der Waals surface area contributed by atoms with Crippen LogP contribution in [0.5, 0.6) is 0 Å². The van der Waals surface area contributed by atoms with Crippen LogP contribution >= 0.6 is 0 Å². The number of pyridine rings is 1. The second-order valence-electron chi connectivity index (χ2n) is 2.65. The second-order valence-corrected chi connectivity index (χ2v) is 2.65. The molecule has 0 aliphatic carbocycles. The van der Waals surface area contributed by atoms with Crippen molar-refractivity contribution in [2.24, 2.45) is 7.05 Å². The highest BCUT2D eigenvalue weighted by Gasteiger charge is 2.04. The predicted octanol–water partition coefficient (Wildman–Crippen LogP) is 0.116. The van der Waals surface area contributed by atoms with Gasteiger partial charge in [-0.2, -0.15) is 9.83 Å². The van der Waals surface area contributed by atoms with Crippen LogP contribution < -0.4 is 4.73 Å². The summed E-state index contributed by atoms with van der Waals surface area (Å²) in [7, 11) is 1.81. The summed E-state index contributed by atoms with van der Waals surface area (Å²) in [6.07, 6.45) is 4.35. The highest BCUT2D eigenvalue weighted by molar-refractivity contribution is 5.52. The molecule has 2 rings (SSSR count). The average molecular weight is 176 g/mol. The van der Waals surface area contributed by atoms with E-state index in [1.165, 1.54) is 18.7 Å². The lowest BCUT2D eigenvalue weighted by Gasteiger charge is -1.99. The smallest absolute Gasteiger partial charge is 0.181 e. The number of aromatic nitrogens is 4. The van der Waals surface area contributed by atoms with Gasteiger partial charge in [-0.25, -0.2) is 9.67 Å². The molecule has 0 saturated heterocycles. The van der Waals surface area contributed by atoms with E-state index in [1.54, 1.807) is 23.9 Å². The Morgan fingerprint density at radius 1 is 1.38 bits per heavy atom. The summed E-state index contributed by atoms with van der Waals surface area (Å²) in [5.74, 6) is 0.751. The van der Waals surface area contributed by atoms with Crippen molar-refractivity contribution in [3.8, 4) is 11.4 Å². The van der Waals surface area contributed by atoms with Crippen molar-refractivity contribution in [1.82, 2.24) is 14.8 Å². The normalized spacial score (nSPS) is 10.2. The van der Waals surface area contributed by atoms with Gasteiger partial charge in [0, 0.05) is 24.7 Å². The van der Waals surface area contributed by atoms with Crippen LogP contribution in [0, 0.1) is 5.21 Å². The van der Waals surface area contributed by atoms with Crippen molar-refractivity contribution in [3.63, 3.8) is 0 Å². The number of nitrogens with zero attached hydrogens (tertiary/aromatic N) is 4. The van der Waals surface area contributed by atoms with E-state index >= 15 is 0 Å². The summed E-state index contributed by atoms with van der Waals surface area (Å²) >= 11 is 0. The highest BCUT2D eigenvalue weighted by Crippen LogP contribution is 2.12. The molecular formula is C8H8N4O. The van der Waals surface area contributed by atoms with E-state index in [-0.39, 0.29) is 0 Å². The van der Waals surface area contributed by atoms with Crippen molar-refractivity contribution >= 4 is 0 Å². The van der Waals surface area contributed by atoms with Crippen LogP contribution in [-0.2, 0) is 7.05 Å². The van der Waals surface area contributed by atoms with Crippen LogP contribution in [0.3, 0.4) is 0 Å². The molecule has 0 aliphatic heterocycles. The molecule has 0 aromatic carbocycles. The van der Waals surface area contributed by atoms with Crippen molar-refractivity contribution in [1.29, 1.82) is 0 Å². The van der Waals surface area contributed by atoms with Crippen LogP contribution in [-0.4, -0.2) is 14.8 Å². The first-order chi connectivity index (χ1) is 6.27. The summed E-state index contributed by atoms with van der Waals surface area (Å²) in [5.41, 5.74) is 0.882. The molecule has 5 nitrogen and oxygen atoms in total. The SMILES string of the molecule is Cn1ncnc1-c1cc[n+]([O-])cc1. The van der Waals surface area contributed by atoms with Crippen LogP contribution in [0.15, 0.2) is 30.9 Å². The number of aryl methyl sites for hydroxylation is 1. The minimum Gasteiger partial charge on any atom is -0.619 e. The van der Waals surface area contributed by atoms with Gasteiger partial charge in [0.05, 0.1) is 0 Å². The quantitative estimate of drug-likeness (QED) is 0.458. The summed E-state index contributed by atoms with van der Waals surface area (Å²) in [5, 5.41) is 14.7. The minimum atomic E-state index is 0.736. The van der Waals surface area contributed by atoms with Crippen molar-refractivity contribution in [2.45, 2.75) is 0 Å². The van der Waals surface area contributed by atoms with Gasteiger partial charge in [0.15, 0.2) is 18.2 Å². The third-order valence-corrected chi connectivity index (χ3v) is 1.77. The summed E-state index contributed by atoms with van der Waals surface area (Å²) in [6, 6.07) is 3.41. The summed E-state index contributed by atoms with van der Waals surface area (Å²) in [4.78, 5) is 4.06. The highest BCUT2D eigenvalue weighted by atomic mass is 16.5. The average Bonchev–Trinajstić information content (AvgIpc) is 2.53. The van der Waals surface area contributed by atoms with E-state index in [4.69, 9.17) is 0 Å². The Morgan fingerprint density at radius 3 is 2.62 bits per heavy atom. The number of rotatable bonds is 1. The molecule has 13 heavy (non-hydrogen) atoms. The van der Waals surface area contributed by atoms with E-state index in [0.717, 1.165) is 16.1 Å². The molecule has 0 aliphatic rings. The van der Waals surface area contributed by atoms with Gasteiger partial charge in [0.2, 0.25) is 0 Å². The zero-order chi connectivity index (χ0) is 9.26. The Balaban J connectivity index is 2.47. The Kier molecular flexibility index (Phi) is 1.70. The zero-order valence-corrected chi connectivity index (χ0v) is 7.08. The topological polar surface area (TPSA) is 57.7 Å². The van der Waals surface area contributed by atoms with Crippen molar-refractivity contribution in [3.05, 3.63) is 36.1 Å². The van der Waals surface area contributed by atoms with Gasteiger partial charge >= 0.3 is 0 Å². The van der Waals surface area contributed by atoms with E-state index in [1.807, 2.05) is 0 Å². The van der Waals surface area contributed by atoms with E-state index in [9.17, 15) is 5.21 Å². The van der Waals surface area contributed by atoms with Crippen LogP contribution in [0.1, 0.15) is 0 Å². The molecule has 0 saturated carbocycles. The maximum absolute atomic E-state index is 10.8. The maximum atomic E-state index is 10.8. The zero-order valence-electron chi connectivity index (χ0n) is 7.08. The van der Waals surface area contributed by atoms with Crippen molar-refractivity contribution in [2.75, 3.05) is 0 Å². The first kappa shape index (κ1) is 7.72. The lowest BCUT2D eigenvalue weighted by molar-refractivity contribution is -0.605. The first-order valence-electron chi connectivity index (χ1n) is 3.80. The van der Waals surface area contributed by atoms with E-state index in [0.29, 0.717) is 0 Å². The molecule has 0 atom stereocenters. The van der Waals surface area contributed by atoms with Gasteiger partial charge in [-0.3, -0.25) is 0 Å². The molecule has 0 fully saturated rings. The first-order valence-corrected chi connectivity index (χ1v) is 3.80. The Morgan fingerprint density at radius 2 is 2.08 bits per heavy atom. The molecule has 0 N–H and O–H groups in total. The second kappa shape index (κ2) is 2.85. The number of hydrogen-bond acceptors (Lipinski definition) is 3. The van der Waals surface area contributed by atoms with Crippen LogP contribution in [0.2, 0.25) is 0 Å². The van der Waals surface area contributed by atoms with Gasteiger partial charge < -0.3 is 5.21 Å². The predicted molar refractivity (Wildman–Crippen MR) is 45.4 cm³/mol. The summed E-state index contributed by atoms with van der Waals surface area (Å²) < 4.78 is 2.39.